The Kier molecular flexibility index (Phi) is 8.52. The van der Waals surface area contributed by atoms with Crippen molar-refractivity contribution in [3.05, 3.63) is 104 Å². The van der Waals surface area contributed by atoms with E-state index in [-0.39, 0.29) is 23.9 Å². The average molecular weight is 563 g/mol. The van der Waals surface area contributed by atoms with Crippen LogP contribution < -0.4 is 9.47 Å². The lowest BCUT2D eigenvalue weighted by molar-refractivity contribution is -0.479. The van der Waals surface area contributed by atoms with Gasteiger partial charge in [-0.25, -0.2) is 4.39 Å². The molecular formula is C25H21Cl2FN4O4S. The molecule has 0 saturated heterocycles. The summed E-state index contributed by atoms with van der Waals surface area (Å²) in [5.41, 5.74) is 2.11. The first kappa shape index (κ1) is 26.7. The Morgan fingerprint density at radius 2 is 1.81 bits per heavy atom. The molecule has 8 nitrogen and oxygen atoms in total. The van der Waals surface area contributed by atoms with Crippen LogP contribution in [0.5, 0.6) is 11.5 Å². The third-order valence-electron chi connectivity index (χ3n) is 5.38. The van der Waals surface area contributed by atoms with Crippen molar-refractivity contribution in [1.82, 2.24) is 14.8 Å². The number of hydrogen-bond acceptors (Lipinski definition) is 7. The standard InChI is InChI=1S/C25H21Cl2FN4O4S/c1-15-29-30-25(32(15)19-7-5-18(28)6-8-19)37-24(13-31(33)34)17-4-10-22(23(12-17)35-2)36-14-16-3-9-20(26)21(27)11-16/h3-12,24H,13-14H2,1-2H3/t24-/m1/s1. The summed E-state index contributed by atoms with van der Waals surface area (Å²) in [5, 5.41) is 20.6. The summed E-state index contributed by atoms with van der Waals surface area (Å²) in [6, 6.07) is 16.2. The minimum absolute atomic E-state index is 0.222. The SMILES string of the molecule is COc1cc([C@@H](C[N+](=O)[O-])Sc2nnc(C)n2-c2ccc(F)cc2)ccc1OCc1ccc(Cl)c(Cl)c1. The summed E-state index contributed by atoms with van der Waals surface area (Å²) in [6.45, 7) is 1.61. The number of thioether (sulfide) groups is 1. The van der Waals surface area contributed by atoms with Gasteiger partial charge in [-0.1, -0.05) is 47.1 Å². The van der Waals surface area contributed by atoms with Gasteiger partial charge in [0, 0.05) is 10.6 Å². The maximum absolute atomic E-state index is 13.4. The van der Waals surface area contributed by atoms with Gasteiger partial charge < -0.3 is 9.47 Å². The van der Waals surface area contributed by atoms with E-state index in [1.807, 2.05) is 0 Å². The number of aryl methyl sites for hydroxylation is 1. The molecule has 0 aliphatic heterocycles. The molecule has 37 heavy (non-hydrogen) atoms. The molecule has 0 unspecified atom stereocenters. The third kappa shape index (κ3) is 6.51. The van der Waals surface area contributed by atoms with Crippen LogP contribution in [0.2, 0.25) is 10.0 Å². The number of nitrogens with zero attached hydrogens (tertiary/aromatic N) is 4. The molecule has 0 aliphatic rings. The normalized spacial score (nSPS) is 11.8. The van der Waals surface area contributed by atoms with E-state index in [1.165, 1.54) is 31.0 Å². The maximum Gasteiger partial charge on any atom is 0.220 e. The van der Waals surface area contributed by atoms with Gasteiger partial charge in [-0.3, -0.25) is 14.7 Å². The van der Waals surface area contributed by atoms with Gasteiger partial charge in [0.1, 0.15) is 23.5 Å². The Labute approximate surface area is 226 Å². The molecule has 0 spiro atoms. The predicted molar refractivity (Wildman–Crippen MR) is 140 cm³/mol. The third-order valence-corrected chi connectivity index (χ3v) is 7.30. The molecule has 12 heteroatoms. The molecule has 3 aromatic carbocycles. The summed E-state index contributed by atoms with van der Waals surface area (Å²) in [6.07, 6.45) is 0. The smallest absolute Gasteiger partial charge is 0.220 e. The van der Waals surface area contributed by atoms with E-state index in [2.05, 4.69) is 10.2 Å². The molecule has 4 rings (SSSR count). The summed E-state index contributed by atoms with van der Waals surface area (Å²) in [4.78, 5) is 11.2. The van der Waals surface area contributed by atoms with Gasteiger partial charge in [0.2, 0.25) is 6.54 Å². The second kappa shape index (κ2) is 11.8. The van der Waals surface area contributed by atoms with Crippen LogP contribution in [0.15, 0.2) is 65.8 Å². The number of hydrogen-bond donors (Lipinski definition) is 0. The lowest BCUT2D eigenvalue weighted by Gasteiger charge is -2.17. The highest BCUT2D eigenvalue weighted by Crippen LogP contribution is 2.39. The topological polar surface area (TPSA) is 92.3 Å². The van der Waals surface area contributed by atoms with Crippen molar-refractivity contribution in [3.8, 4) is 17.2 Å². The van der Waals surface area contributed by atoms with Crippen molar-refractivity contribution in [2.45, 2.75) is 23.9 Å². The van der Waals surface area contributed by atoms with Crippen LogP contribution >= 0.6 is 35.0 Å². The van der Waals surface area contributed by atoms with Gasteiger partial charge >= 0.3 is 0 Å². The fraction of sp³-hybridized carbons (Fsp3) is 0.200. The van der Waals surface area contributed by atoms with E-state index in [9.17, 15) is 14.5 Å². The molecule has 1 heterocycles. The highest BCUT2D eigenvalue weighted by atomic mass is 35.5. The van der Waals surface area contributed by atoms with Crippen LogP contribution in [0.25, 0.3) is 5.69 Å². The largest absolute Gasteiger partial charge is 0.493 e. The van der Waals surface area contributed by atoms with E-state index >= 15 is 0 Å². The van der Waals surface area contributed by atoms with E-state index in [1.54, 1.807) is 60.0 Å². The second-order valence-corrected chi connectivity index (χ2v) is 9.90. The molecule has 0 amide bonds. The Morgan fingerprint density at radius 1 is 1.05 bits per heavy atom. The van der Waals surface area contributed by atoms with Crippen LogP contribution in [-0.4, -0.2) is 33.3 Å². The average Bonchev–Trinajstić information content (AvgIpc) is 3.24. The quantitative estimate of drug-likeness (QED) is 0.120. The zero-order chi connectivity index (χ0) is 26.5. The molecule has 0 bridgehead atoms. The summed E-state index contributed by atoms with van der Waals surface area (Å²) in [5.74, 6) is 1.08. The fourth-order valence-corrected chi connectivity index (χ4v) is 5.06. The van der Waals surface area contributed by atoms with Crippen LogP contribution in [0, 0.1) is 22.9 Å². The first-order valence-electron chi connectivity index (χ1n) is 11.0. The highest BCUT2D eigenvalue weighted by molar-refractivity contribution is 7.99. The molecule has 0 N–H and O–H groups in total. The van der Waals surface area contributed by atoms with Crippen LogP contribution in [0.3, 0.4) is 0 Å². The van der Waals surface area contributed by atoms with Crippen LogP contribution in [0.4, 0.5) is 4.39 Å². The highest BCUT2D eigenvalue weighted by Gasteiger charge is 2.25. The molecule has 192 valence electrons. The number of ether oxygens (including phenoxy) is 2. The fourth-order valence-electron chi connectivity index (χ4n) is 3.57. The van der Waals surface area contributed by atoms with E-state index in [0.29, 0.717) is 43.8 Å². The van der Waals surface area contributed by atoms with Gasteiger partial charge in [0.25, 0.3) is 0 Å². The second-order valence-electron chi connectivity index (χ2n) is 7.91. The molecule has 0 aliphatic carbocycles. The molecule has 1 aromatic heterocycles. The van der Waals surface area contributed by atoms with Crippen molar-refractivity contribution >= 4 is 35.0 Å². The lowest BCUT2D eigenvalue weighted by atomic mass is 10.1. The van der Waals surface area contributed by atoms with Crippen LogP contribution in [0.1, 0.15) is 22.2 Å². The Balaban J connectivity index is 1.59. The molecule has 0 radical (unpaired) electrons. The van der Waals surface area contributed by atoms with Gasteiger partial charge in [0.15, 0.2) is 16.7 Å². The van der Waals surface area contributed by atoms with Gasteiger partial charge in [-0.2, -0.15) is 0 Å². The summed E-state index contributed by atoms with van der Waals surface area (Å²) >= 11 is 13.2. The van der Waals surface area contributed by atoms with Crippen molar-refractivity contribution in [3.63, 3.8) is 0 Å². The minimum Gasteiger partial charge on any atom is -0.493 e. The van der Waals surface area contributed by atoms with Gasteiger partial charge in [-0.15, -0.1) is 10.2 Å². The number of benzene rings is 3. The monoisotopic (exact) mass is 562 g/mol. The van der Waals surface area contributed by atoms with Crippen molar-refractivity contribution in [2.24, 2.45) is 0 Å². The molecule has 0 fully saturated rings. The van der Waals surface area contributed by atoms with Crippen molar-refractivity contribution in [1.29, 1.82) is 0 Å². The zero-order valence-corrected chi connectivity index (χ0v) is 22.1. The predicted octanol–water partition coefficient (Wildman–Crippen LogP) is 6.72. The zero-order valence-electron chi connectivity index (χ0n) is 19.7. The molecular weight excluding hydrogens is 542 g/mol. The number of halogens is 3. The number of aromatic nitrogens is 3. The molecule has 1 atom stereocenters. The van der Waals surface area contributed by atoms with E-state index in [0.717, 1.165) is 5.56 Å². The first-order valence-corrected chi connectivity index (χ1v) is 12.6. The molecule has 0 saturated carbocycles. The molecule has 4 aromatic rings. The lowest BCUT2D eigenvalue weighted by Crippen LogP contribution is -2.11. The summed E-state index contributed by atoms with van der Waals surface area (Å²) in [7, 11) is 1.50. The van der Waals surface area contributed by atoms with E-state index in [4.69, 9.17) is 32.7 Å². The number of methoxy groups -OCH3 is 1. The minimum atomic E-state index is -0.615. The van der Waals surface area contributed by atoms with Crippen molar-refractivity contribution < 1.29 is 18.8 Å². The first-order chi connectivity index (χ1) is 17.7. The van der Waals surface area contributed by atoms with Gasteiger partial charge in [-0.05, 0) is 66.6 Å². The number of rotatable bonds is 10. The van der Waals surface area contributed by atoms with Crippen molar-refractivity contribution in [2.75, 3.05) is 13.7 Å². The van der Waals surface area contributed by atoms with E-state index < -0.39 is 5.25 Å². The number of nitro groups is 1. The maximum atomic E-state index is 13.4. The van der Waals surface area contributed by atoms with Crippen LogP contribution in [-0.2, 0) is 6.61 Å². The van der Waals surface area contributed by atoms with Gasteiger partial charge in [0.05, 0.1) is 17.2 Å². The Morgan fingerprint density at radius 3 is 2.49 bits per heavy atom. The Bertz CT molecular complexity index is 1420. The summed E-state index contributed by atoms with van der Waals surface area (Å²) < 4.78 is 26.6. The Hall–Kier alpha value is -3.34.